The molecule has 0 spiro atoms. The lowest BCUT2D eigenvalue weighted by molar-refractivity contribution is -0.141. The van der Waals surface area contributed by atoms with Crippen LogP contribution in [0.5, 0.6) is 0 Å². The molecular formula is C14H11F4N5O. The molecule has 0 aliphatic heterocycles. The zero-order valence-electron chi connectivity index (χ0n) is 12.0. The van der Waals surface area contributed by atoms with Gasteiger partial charge in [-0.05, 0) is 12.1 Å². The zero-order valence-corrected chi connectivity index (χ0v) is 12.0. The Morgan fingerprint density at radius 1 is 1.25 bits per heavy atom. The van der Waals surface area contributed by atoms with E-state index in [9.17, 15) is 17.6 Å². The summed E-state index contributed by atoms with van der Waals surface area (Å²) in [5, 5.41) is 22.6. The lowest BCUT2D eigenvalue weighted by Gasteiger charge is -2.13. The van der Waals surface area contributed by atoms with Crippen molar-refractivity contribution in [3.63, 3.8) is 0 Å². The Hall–Kier alpha value is -2.93. The third kappa shape index (κ3) is 4.08. The molecule has 0 unspecified atom stereocenters. The maximum Gasteiger partial charge on any atom is 0.433 e. The number of hydrogen-bond acceptors (Lipinski definition) is 6. The van der Waals surface area contributed by atoms with Gasteiger partial charge in [0.25, 0.3) is 0 Å². The highest BCUT2D eigenvalue weighted by Gasteiger charge is 2.33. The van der Waals surface area contributed by atoms with Crippen LogP contribution in [-0.2, 0) is 6.18 Å². The summed E-state index contributed by atoms with van der Waals surface area (Å²) in [6.07, 6.45) is -4.73. The first kappa shape index (κ1) is 17.4. The maximum absolute atomic E-state index is 13.6. The number of halogens is 4. The number of aromatic nitrogens is 2. The number of rotatable bonds is 5. The van der Waals surface area contributed by atoms with E-state index in [0.717, 1.165) is 6.07 Å². The fourth-order valence-corrected chi connectivity index (χ4v) is 1.78. The topological polar surface area (TPSA) is 93.9 Å². The van der Waals surface area contributed by atoms with Crippen LogP contribution in [0.4, 0.5) is 35.0 Å². The van der Waals surface area contributed by atoms with Gasteiger partial charge in [-0.25, -0.2) is 9.37 Å². The molecule has 2 rings (SSSR count). The summed E-state index contributed by atoms with van der Waals surface area (Å²) in [5.41, 5.74) is -1.61. The lowest BCUT2D eigenvalue weighted by atomic mass is 10.2. The van der Waals surface area contributed by atoms with Gasteiger partial charge in [0.2, 0.25) is 5.95 Å². The molecule has 2 aromatic rings. The molecule has 24 heavy (non-hydrogen) atoms. The Balaban J connectivity index is 2.43. The highest BCUT2D eigenvalue weighted by molar-refractivity contribution is 5.65. The van der Waals surface area contributed by atoms with Crippen molar-refractivity contribution in [1.29, 1.82) is 5.26 Å². The van der Waals surface area contributed by atoms with Crippen LogP contribution in [0, 0.1) is 17.1 Å². The Labute approximate surface area is 133 Å². The molecule has 6 nitrogen and oxygen atoms in total. The van der Waals surface area contributed by atoms with E-state index in [4.69, 9.17) is 10.4 Å². The Kier molecular flexibility index (Phi) is 5.15. The van der Waals surface area contributed by atoms with E-state index >= 15 is 0 Å². The number of alkyl halides is 3. The third-order valence-corrected chi connectivity index (χ3v) is 2.80. The molecule has 0 bridgehead atoms. The second-order valence-corrected chi connectivity index (χ2v) is 4.51. The van der Waals surface area contributed by atoms with Gasteiger partial charge in [-0.3, -0.25) is 0 Å². The molecule has 1 heterocycles. The van der Waals surface area contributed by atoms with Crippen molar-refractivity contribution in [2.45, 2.75) is 6.18 Å². The molecule has 0 atom stereocenters. The molecule has 0 radical (unpaired) electrons. The average Bonchev–Trinajstić information content (AvgIpc) is 2.52. The fraction of sp³-hybridized carbons (Fsp3) is 0.214. The molecule has 0 saturated carbocycles. The summed E-state index contributed by atoms with van der Waals surface area (Å²) < 4.78 is 52.3. The fourth-order valence-electron chi connectivity index (χ4n) is 1.78. The number of aliphatic hydroxyl groups is 1. The minimum atomic E-state index is -4.73. The standard InChI is InChI=1S/C14H11F4N5O/c15-9-2-1-3-10(8(9)7-19)21-12-6-11(14(16,17)18)22-13(23-12)20-4-5-24/h1-3,6,24H,4-5H2,(H2,20,21,22,23). The second kappa shape index (κ2) is 7.10. The highest BCUT2D eigenvalue weighted by Crippen LogP contribution is 2.31. The first-order chi connectivity index (χ1) is 11.3. The maximum atomic E-state index is 13.6. The van der Waals surface area contributed by atoms with Crippen molar-refractivity contribution >= 4 is 17.5 Å². The summed E-state index contributed by atoms with van der Waals surface area (Å²) in [5.74, 6) is -1.46. The highest BCUT2D eigenvalue weighted by atomic mass is 19.4. The molecule has 3 N–H and O–H groups in total. The van der Waals surface area contributed by atoms with Gasteiger partial charge in [-0.1, -0.05) is 6.07 Å². The summed E-state index contributed by atoms with van der Waals surface area (Å²) in [6, 6.07) is 5.95. The van der Waals surface area contributed by atoms with Crippen LogP contribution in [0.15, 0.2) is 24.3 Å². The van der Waals surface area contributed by atoms with E-state index in [-0.39, 0.29) is 36.2 Å². The van der Waals surface area contributed by atoms with Gasteiger partial charge < -0.3 is 15.7 Å². The smallest absolute Gasteiger partial charge is 0.395 e. The van der Waals surface area contributed by atoms with E-state index in [1.54, 1.807) is 6.07 Å². The van der Waals surface area contributed by atoms with Gasteiger partial charge in [-0.2, -0.15) is 23.4 Å². The van der Waals surface area contributed by atoms with Gasteiger partial charge in [0.15, 0.2) is 5.69 Å². The van der Waals surface area contributed by atoms with Crippen LogP contribution in [0.3, 0.4) is 0 Å². The molecule has 126 valence electrons. The number of nitrogens with one attached hydrogen (secondary N) is 2. The monoisotopic (exact) mass is 341 g/mol. The molecule has 0 aliphatic rings. The second-order valence-electron chi connectivity index (χ2n) is 4.51. The van der Waals surface area contributed by atoms with E-state index in [1.807, 2.05) is 0 Å². The molecule has 1 aromatic carbocycles. The number of nitriles is 1. The summed E-state index contributed by atoms with van der Waals surface area (Å²) in [6.45, 7) is -0.380. The van der Waals surface area contributed by atoms with Gasteiger partial charge >= 0.3 is 6.18 Å². The van der Waals surface area contributed by atoms with Gasteiger partial charge in [0, 0.05) is 12.6 Å². The first-order valence-corrected chi connectivity index (χ1v) is 6.62. The lowest BCUT2D eigenvalue weighted by Crippen LogP contribution is -2.15. The number of aliphatic hydroxyl groups excluding tert-OH is 1. The molecule has 0 aliphatic carbocycles. The van der Waals surface area contributed by atoms with Gasteiger partial charge in [0.05, 0.1) is 12.3 Å². The quantitative estimate of drug-likeness (QED) is 0.724. The normalized spacial score (nSPS) is 11.0. The Morgan fingerprint density at radius 3 is 2.62 bits per heavy atom. The third-order valence-electron chi connectivity index (χ3n) is 2.80. The summed E-state index contributed by atoms with van der Waals surface area (Å²) in [7, 11) is 0. The van der Waals surface area contributed by atoms with Crippen LogP contribution in [0.1, 0.15) is 11.3 Å². The summed E-state index contributed by atoms with van der Waals surface area (Å²) >= 11 is 0. The number of hydrogen-bond donors (Lipinski definition) is 3. The number of anilines is 3. The molecular weight excluding hydrogens is 330 g/mol. The zero-order chi connectivity index (χ0) is 17.7. The minimum absolute atomic E-state index is 0.0302. The predicted molar refractivity (Wildman–Crippen MR) is 77.0 cm³/mol. The predicted octanol–water partition coefficient (Wildman–Crippen LogP) is 2.65. The van der Waals surface area contributed by atoms with Crippen molar-refractivity contribution in [1.82, 2.24) is 9.97 Å². The Morgan fingerprint density at radius 2 is 2.00 bits per heavy atom. The van der Waals surface area contributed by atoms with Crippen molar-refractivity contribution in [3.05, 3.63) is 41.3 Å². The van der Waals surface area contributed by atoms with E-state index < -0.39 is 17.7 Å². The average molecular weight is 341 g/mol. The van der Waals surface area contributed by atoms with Crippen molar-refractivity contribution < 1.29 is 22.7 Å². The molecule has 1 aromatic heterocycles. The van der Waals surface area contributed by atoms with Crippen LogP contribution in [0.25, 0.3) is 0 Å². The molecule has 0 amide bonds. The molecule has 10 heteroatoms. The number of nitrogens with zero attached hydrogens (tertiary/aromatic N) is 3. The van der Waals surface area contributed by atoms with Gasteiger partial charge in [0.1, 0.15) is 23.3 Å². The Bertz CT molecular complexity index is 773. The summed E-state index contributed by atoms with van der Waals surface area (Å²) in [4.78, 5) is 7.12. The SMILES string of the molecule is N#Cc1c(F)cccc1Nc1cc(C(F)(F)F)nc(NCCO)n1. The van der Waals surface area contributed by atoms with Crippen LogP contribution >= 0.6 is 0 Å². The van der Waals surface area contributed by atoms with Crippen LogP contribution in [0.2, 0.25) is 0 Å². The van der Waals surface area contributed by atoms with Crippen molar-refractivity contribution in [2.24, 2.45) is 0 Å². The minimum Gasteiger partial charge on any atom is -0.395 e. The van der Waals surface area contributed by atoms with Crippen LogP contribution in [-0.4, -0.2) is 28.2 Å². The van der Waals surface area contributed by atoms with Crippen LogP contribution < -0.4 is 10.6 Å². The van der Waals surface area contributed by atoms with Crippen molar-refractivity contribution in [3.8, 4) is 6.07 Å². The number of benzene rings is 1. The first-order valence-electron chi connectivity index (χ1n) is 6.62. The molecule has 0 fully saturated rings. The van der Waals surface area contributed by atoms with Gasteiger partial charge in [-0.15, -0.1) is 0 Å². The van der Waals surface area contributed by atoms with E-state index in [2.05, 4.69) is 20.6 Å². The largest absolute Gasteiger partial charge is 0.433 e. The van der Waals surface area contributed by atoms with E-state index in [1.165, 1.54) is 12.1 Å². The van der Waals surface area contributed by atoms with E-state index in [0.29, 0.717) is 6.07 Å². The van der Waals surface area contributed by atoms with Crippen molar-refractivity contribution in [2.75, 3.05) is 23.8 Å². The molecule has 0 saturated heterocycles.